The van der Waals surface area contributed by atoms with Gasteiger partial charge >= 0.3 is 5.97 Å². The van der Waals surface area contributed by atoms with Crippen LogP contribution >= 0.6 is 0 Å². The molecule has 3 aliphatic carbocycles. The molecule has 4 rings (SSSR count). The van der Waals surface area contributed by atoms with Gasteiger partial charge in [0.25, 0.3) is 0 Å². The number of aliphatic hydroxyl groups excluding tert-OH is 1. The van der Waals surface area contributed by atoms with Crippen molar-refractivity contribution in [2.45, 2.75) is 59.2 Å². The van der Waals surface area contributed by atoms with Crippen molar-refractivity contribution in [3.05, 3.63) is 11.3 Å². The molecule has 0 bridgehead atoms. The summed E-state index contributed by atoms with van der Waals surface area (Å²) >= 11 is 0. The SMILES string of the molecule is COC1=C(C)[C@H]2CC(=O)O[C@@H]3C[C@@H]4[C@H](C)C[C@H](O)C(=O)[C@]4(C)[C@H](C1=O)[C@]23C. The van der Waals surface area contributed by atoms with E-state index in [-0.39, 0.29) is 47.5 Å². The van der Waals surface area contributed by atoms with Gasteiger partial charge in [0.2, 0.25) is 5.78 Å². The lowest BCUT2D eigenvalue weighted by Gasteiger charge is -2.65. The van der Waals surface area contributed by atoms with E-state index in [2.05, 4.69) is 0 Å². The fraction of sp³-hybridized carbons (Fsp3) is 0.762. The second-order valence-electron chi connectivity index (χ2n) is 9.33. The minimum atomic E-state index is -1.06. The molecule has 1 N–H and O–H groups in total. The summed E-state index contributed by atoms with van der Waals surface area (Å²) in [5.41, 5.74) is -0.900. The van der Waals surface area contributed by atoms with Crippen LogP contribution in [0.15, 0.2) is 11.3 Å². The third kappa shape index (κ3) is 2.08. The number of rotatable bonds is 1. The average molecular weight is 376 g/mol. The quantitative estimate of drug-likeness (QED) is 0.705. The summed E-state index contributed by atoms with van der Waals surface area (Å²) in [6.45, 7) is 7.67. The number of hydrogen-bond acceptors (Lipinski definition) is 6. The third-order valence-corrected chi connectivity index (χ3v) is 8.24. The van der Waals surface area contributed by atoms with Crippen LogP contribution in [0.5, 0.6) is 0 Å². The van der Waals surface area contributed by atoms with Crippen molar-refractivity contribution in [2.75, 3.05) is 7.11 Å². The fourth-order valence-electron chi connectivity index (χ4n) is 7.02. The molecular weight excluding hydrogens is 348 g/mol. The normalized spacial score (nSPS) is 49.3. The van der Waals surface area contributed by atoms with Gasteiger partial charge in [-0.2, -0.15) is 0 Å². The van der Waals surface area contributed by atoms with Crippen LogP contribution in [0.1, 0.15) is 47.0 Å². The van der Waals surface area contributed by atoms with Crippen molar-refractivity contribution in [2.24, 2.45) is 34.5 Å². The van der Waals surface area contributed by atoms with E-state index in [1.807, 2.05) is 27.7 Å². The monoisotopic (exact) mass is 376 g/mol. The van der Waals surface area contributed by atoms with Crippen LogP contribution in [-0.2, 0) is 23.9 Å². The molecule has 148 valence electrons. The maximum atomic E-state index is 13.6. The highest BCUT2D eigenvalue weighted by atomic mass is 16.5. The second kappa shape index (κ2) is 5.66. The van der Waals surface area contributed by atoms with Gasteiger partial charge in [-0.1, -0.05) is 20.8 Å². The van der Waals surface area contributed by atoms with E-state index in [1.165, 1.54) is 7.11 Å². The first kappa shape index (κ1) is 18.7. The Bertz CT molecular complexity index is 769. The molecule has 0 amide bonds. The van der Waals surface area contributed by atoms with Crippen molar-refractivity contribution in [1.29, 1.82) is 0 Å². The van der Waals surface area contributed by atoms with Crippen LogP contribution in [0.4, 0.5) is 0 Å². The summed E-state index contributed by atoms with van der Waals surface area (Å²) in [6.07, 6.45) is -0.352. The number of hydrogen-bond donors (Lipinski definition) is 1. The van der Waals surface area contributed by atoms with Crippen molar-refractivity contribution in [3.8, 4) is 0 Å². The summed E-state index contributed by atoms with van der Waals surface area (Å²) in [6, 6.07) is 0. The van der Waals surface area contributed by atoms with E-state index in [0.717, 1.165) is 5.57 Å². The summed E-state index contributed by atoms with van der Waals surface area (Å²) in [7, 11) is 1.46. The number of fused-ring (bicyclic) bond motifs is 2. The molecule has 0 radical (unpaired) electrons. The molecule has 0 unspecified atom stereocenters. The van der Waals surface area contributed by atoms with Gasteiger partial charge in [0.15, 0.2) is 11.5 Å². The van der Waals surface area contributed by atoms with Crippen LogP contribution in [0.3, 0.4) is 0 Å². The van der Waals surface area contributed by atoms with Gasteiger partial charge in [0, 0.05) is 22.7 Å². The van der Waals surface area contributed by atoms with Gasteiger partial charge in [-0.15, -0.1) is 0 Å². The summed E-state index contributed by atoms with van der Waals surface area (Å²) in [5, 5.41) is 10.4. The smallest absolute Gasteiger partial charge is 0.306 e. The summed E-state index contributed by atoms with van der Waals surface area (Å²) < 4.78 is 11.2. The van der Waals surface area contributed by atoms with Gasteiger partial charge in [-0.3, -0.25) is 14.4 Å². The molecule has 0 aromatic carbocycles. The Morgan fingerprint density at radius 3 is 2.48 bits per heavy atom. The van der Waals surface area contributed by atoms with Gasteiger partial charge in [0.1, 0.15) is 12.2 Å². The number of carbonyl (C=O) groups is 3. The zero-order valence-electron chi connectivity index (χ0n) is 16.6. The molecule has 8 atom stereocenters. The van der Waals surface area contributed by atoms with Crippen molar-refractivity contribution < 1.29 is 29.0 Å². The number of esters is 1. The number of ketones is 2. The second-order valence-corrected chi connectivity index (χ2v) is 9.33. The maximum absolute atomic E-state index is 13.6. The number of carbonyl (C=O) groups excluding carboxylic acids is 3. The minimum Gasteiger partial charge on any atom is -0.493 e. The Balaban J connectivity index is 1.97. The fourth-order valence-corrected chi connectivity index (χ4v) is 7.02. The van der Waals surface area contributed by atoms with Gasteiger partial charge in [0.05, 0.1) is 13.5 Å². The maximum Gasteiger partial charge on any atom is 0.306 e. The Morgan fingerprint density at radius 2 is 1.85 bits per heavy atom. The Kier molecular flexibility index (Phi) is 3.91. The molecule has 2 saturated carbocycles. The van der Waals surface area contributed by atoms with E-state index in [1.54, 1.807) is 0 Å². The molecule has 0 spiro atoms. The lowest BCUT2D eigenvalue weighted by molar-refractivity contribution is -0.224. The standard InChI is InChI=1S/C21H28O6/c1-9-6-13(22)19(25)21(4)11(9)7-14-20(3)12(8-15(23)27-14)10(2)17(26-5)16(24)18(20)21/h9,11-14,18,22H,6-8H2,1-5H3/t9-,11-,12-,13+,14-,18-,20-,21+/m1/s1. The van der Waals surface area contributed by atoms with Crippen LogP contribution < -0.4 is 0 Å². The van der Waals surface area contributed by atoms with Gasteiger partial charge < -0.3 is 14.6 Å². The van der Waals surface area contributed by atoms with Crippen molar-refractivity contribution in [1.82, 2.24) is 0 Å². The lowest BCUT2D eigenvalue weighted by atomic mass is 9.39. The highest BCUT2D eigenvalue weighted by Crippen LogP contribution is 2.67. The van der Waals surface area contributed by atoms with Crippen LogP contribution in [0.25, 0.3) is 0 Å². The number of ether oxygens (including phenoxy) is 2. The van der Waals surface area contributed by atoms with Crippen LogP contribution in [-0.4, -0.2) is 42.0 Å². The van der Waals surface area contributed by atoms with Crippen LogP contribution in [0, 0.1) is 34.5 Å². The molecule has 6 nitrogen and oxygen atoms in total. The zero-order valence-corrected chi connectivity index (χ0v) is 16.6. The van der Waals surface area contributed by atoms with E-state index >= 15 is 0 Å². The molecule has 1 heterocycles. The Labute approximate surface area is 159 Å². The molecule has 4 aliphatic rings. The zero-order chi connectivity index (χ0) is 19.9. The number of allylic oxidation sites excluding steroid dienone is 2. The van der Waals surface area contributed by atoms with E-state index in [0.29, 0.717) is 12.8 Å². The number of methoxy groups -OCH3 is 1. The van der Waals surface area contributed by atoms with Gasteiger partial charge in [-0.25, -0.2) is 0 Å². The topological polar surface area (TPSA) is 89.9 Å². The van der Waals surface area contributed by atoms with E-state index in [4.69, 9.17) is 9.47 Å². The van der Waals surface area contributed by atoms with Crippen molar-refractivity contribution in [3.63, 3.8) is 0 Å². The molecule has 3 fully saturated rings. The average Bonchev–Trinajstić information content (AvgIpc) is 2.58. The Hall–Kier alpha value is -1.69. The van der Waals surface area contributed by atoms with Crippen LogP contribution in [0.2, 0.25) is 0 Å². The van der Waals surface area contributed by atoms with Gasteiger partial charge in [-0.05, 0) is 37.2 Å². The first-order valence-electron chi connectivity index (χ1n) is 9.79. The summed E-state index contributed by atoms with van der Waals surface area (Å²) in [4.78, 5) is 39.2. The lowest BCUT2D eigenvalue weighted by Crippen LogP contribution is -2.70. The molecule has 1 aliphatic heterocycles. The Morgan fingerprint density at radius 1 is 1.19 bits per heavy atom. The summed E-state index contributed by atoms with van der Waals surface area (Å²) in [5.74, 6) is -1.40. The van der Waals surface area contributed by atoms with E-state index < -0.39 is 29.0 Å². The first-order valence-corrected chi connectivity index (χ1v) is 9.79. The van der Waals surface area contributed by atoms with E-state index in [9.17, 15) is 19.5 Å². The highest BCUT2D eigenvalue weighted by Gasteiger charge is 2.72. The van der Waals surface area contributed by atoms with Crippen molar-refractivity contribution >= 4 is 17.5 Å². The highest BCUT2D eigenvalue weighted by molar-refractivity contribution is 6.04. The predicted octanol–water partition coefficient (Wildman–Crippen LogP) is 2.04. The number of aliphatic hydroxyl groups is 1. The first-order chi connectivity index (χ1) is 12.6. The minimum absolute atomic E-state index is 0.0529. The molecule has 0 aromatic heterocycles. The number of Topliss-reactive ketones (excluding diaryl/α,β-unsaturated/α-hetero) is 2. The largest absolute Gasteiger partial charge is 0.493 e. The molecular formula is C21H28O6. The molecule has 1 saturated heterocycles. The third-order valence-electron chi connectivity index (χ3n) is 8.24. The molecule has 6 heteroatoms. The molecule has 0 aromatic rings. The predicted molar refractivity (Wildman–Crippen MR) is 95.3 cm³/mol. The molecule has 27 heavy (non-hydrogen) atoms.